The van der Waals surface area contributed by atoms with Crippen LogP contribution in [0.2, 0.25) is 0 Å². The van der Waals surface area contributed by atoms with Crippen LogP contribution in [0.15, 0.2) is 49.7 Å². The third kappa shape index (κ3) is 3.16. The van der Waals surface area contributed by atoms with Gasteiger partial charge >= 0.3 is 0 Å². The molecule has 3 nitrogen and oxygen atoms in total. The molecule has 3 rings (SSSR count). The van der Waals surface area contributed by atoms with Crippen LogP contribution < -0.4 is 5.32 Å². The molecule has 1 heterocycles. The average Bonchev–Trinajstić information content (AvgIpc) is 3.06. The molecule has 1 N–H and O–H groups in total. The second-order valence-corrected chi connectivity index (χ2v) is 6.17. The fourth-order valence-corrected chi connectivity index (χ4v) is 3.01. The highest BCUT2D eigenvalue weighted by atomic mass is 79.9. The predicted octanol–water partition coefficient (Wildman–Crippen LogP) is 3.84. The Labute approximate surface area is 118 Å². The maximum atomic E-state index is 5.23. The van der Waals surface area contributed by atoms with Crippen LogP contribution in [-0.2, 0) is 6.54 Å². The predicted molar refractivity (Wildman–Crippen MR) is 74.6 cm³/mol. The Morgan fingerprint density at radius 3 is 3.00 bits per heavy atom. The lowest BCUT2D eigenvalue weighted by Gasteiger charge is -2.06. The van der Waals surface area contributed by atoms with Crippen LogP contribution in [0.3, 0.4) is 0 Å². The van der Waals surface area contributed by atoms with E-state index in [-0.39, 0.29) is 0 Å². The number of hydrogen-bond acceptors (Lipinski definition) is 4. The Bertz CT molecular complexity index is 526. The minimum atomic E-state index is 0.666. The number of oxazole rings is 1. The third-order valence-corrected chi connectivity index (χ3v) is 4.65. The normalized spacial score (nSPS) is 14.9. The highest BCUT2D eigenvalue weighted by Gasteiger charge is 2.20. The quantitative estimate of drug-likeness (QED) is 0.906. The molecule has 18 heavy (non-hydrogen) atoms. The molecule has 0 unspecified atom stereocenters. The smallest absolute Gasteiger partial charge is 0.260 e. The molecule has 0 saturated heterocycles. The van der Waals surface area contributed by atoms with E-state index in [0.717, 1.165) is 22.0 Å². The fourth-order valence-electron chi connectivity index (χ4n) is 1.64. The number of hydrogen-bond donors (Lipinski definition) is 1. The number of nitrogens with zero attached hydrogens (tertiary/aromatic N) is 1. The molecule has 1 aliphatic carbocycles. The summed E-state index contributed by atoms with van der Waals surface area (Å²) in [5.74, 6) is 0. The van der Waals surface area contributed by atoms with E-state index in [1.807, 2.05) is 0 Å². The van der Waals surface area contributed by atoms with E-state index in [9.17, 15) is 0 Å². The van der Waals surface area contributed by atoms with Crippen molar-refractivity contribution in [1.82, 2.24) is 10.3 Å². The topological polar surface area (TPSA) is 38.1 Å². The van der Waals surface area contributed by atoms with E-state index in [1.165, 1.54) is 30.2 Å². The zero-order valence-electron chi connectivity index (χ0n) is 9.73. The third-order valence-electron chi connectivity index (χ3n) is 2.78. The first-order chi connectivity index (χ1) is 8.81. The molecule has 0 radical (unpaired) electrons. The second kappa shape index (κ2) is 5.47. The van der Waals surface area contributed by atoms with Crippen molar-refractivity contribution in [2.75, 3.05) is 0 Å². The van der Waals surface area contributed by atoms with Crippen molar-refractivity contribution >= 4 is 27.7 Å². The second-order valence-electron chi connectivity index (χ2n) is 4.32. The van der Waals surface area contributed by atoms with Crippen molar-refractivity contribution < 1.29 is 4.42 Å². The van der Waals surface area contributed by atoms with Gasteiger partial charge in [0, 0.05) is 22.0 Å². The average molecular weight is 325 g/mol. The van der Waals surface area contributed by atoms with Gasteiger partial charge in [0.05, 0.1) is 6.20 Å². The summed E-state index contributed by atoms with van der Waals surface area (Å²) in [5, 5.41) is 4.17. The maximum Gasteiger partial charge on any atom is 0.260 e. The number of rotatable bonds is 5. The molecular formula is C13H13BrN2OS. The SMILES string of the molecule is Brc1cc(CNC2CC2)ccc1Sc1ncco1. The molecule has 0 aliphatic heterocycles. The van der Waals surface area contributed by atoms with E-state index in [1.54, 1.807) is 12.5 Å². The van der Waals surface area contributed by atoms with Crippen molar-refractivity contribution in [2.45, 2.75) is 35.5 Å². The van der Waals surface area contributed by atoms with Crippen LogP contribution in [0.1, 0.15) is 18.4 Å². The van der Waals surface area contributed by atoms with E-state index in [0.29, 0.717) is 5.22 Å². The van der Waals surface area contributed by atoms with Crippen molar-refractivity contribution in [1.29, 1.82) is 0 Å². The van der Waals surface area contributed by atoms with Gasteiger partial charge in [-0.3, -0.25) is 0 Å². The van der Waals surface area contributed by atoms with Crippen molar-refractivity contribution in [3.8, 4) is 0 Å². The molecule has 0 atom stereocenters. The van der Waals surface area contributed by atoms with Crippen LogP contribution in [0.25, 0.3) is 0 Å². The molecule has 1 fully saturated rings. The minimum Gasteiger partial charge on any atom is -0.440 e. The molecule has 94 valence electrons. The summed E-state index contributed by atoms with van der Waals surface area (Å²) in [6, 6.07) is 7.14. The van der Waals surface area contributed by atoms with Gasteiger partial charge in [0.2, 0.25) is 0 Å². The van der Waals surface area contributed by atoms with Crippen molar-refractivity contribution in [2.24, 2.45) is 0 Å². The largest absolute Gasteiger partial charge is 0.440 e. The lowest BCUT2D eigenvalue weighted by Crippen LogP contribution is -2.15. The number of aromatic nitrogens is 1. The summed E-state index contributed by atoms with van der Waals surface area (Å²) in [4.78, 5) is 5.22. The van der Waals surface area contributed by atoms with E-state index in [2.05, 4.69) is 44.4 Å². The van der Waals surface area contributed by atoms with Crippen molar-refractivity contribution in [3.63, 3.8) is 0 Å². The van der Waals surface area contributed by atoms with Crippen LogP contribution in [0, 0.1) is 0 Å². The summed E-state index contributed by atoms with van der Waals surface area (Å²) in [6.07, 6.45) is 5.88. The summed E-state index contributed by atoms with van der Waals surface area (Å²) in [7, 11) is 0. The maximum absolute atomic E-state index is 5.23. The molecule has 0 spiro atoms. The van der Waals surface area contributed by atoms with Crippen molar-refractivity contribution in [3.05, 3.63) is 40.7 Å². The van der Waals surface area contributed by atoms with Crippen LogP contribution in [-0.4, -0.2) is 11.0 Å². The van der Waals surface area contributed by atoms with E-state index in [4.69, 9.17) is 4.42 Å². The summed E-state index contributed by atoms with van der Waals surface area (Å²) >= 11 is 5.12. The van der Waals surface area contributed by atoms with Gasteiger partial charge in [-0.15, -0.1) is 0 Å². The molecule has 1 aromatic carbocycles. The monoisotopic (exact) mass is 324 g/mol. The first-order valence-corrected chi connectivity index (χ1v) is 7.51. The summed E-state index contributed by atoms with van der Waals surface area (Å²) < 4.78 is 6.31. The first kappa shape index (κ1) is 12.3. The minimum absolute atomic E-state index is 0.666. The fraction of sp³-hybridized carbons (Fsp3) is 0.308. The van der Waals surface area contributed by atoms with E-state index < -0.39 is 0 Å². The molecule has 2 aromatic rings. The van der Waals surface area contributed by atoms with Crippen LogP contribution in [0.4, 0.5) is 0 Å². The van der Waals surface area contributed by atoms with Gasteiger partial charge in [0.15, 0.2) is 0 Å². The number of halogens is 1. The lowest BCUT2D eigenvalue weighted by molar-refractivity contribution is 0.454. The molecule has 1 aromatic heterocycles. The van der Waals surface area contributed by atoms with E-state index >= 15 is 0 Å². The van der Waals surface area contributed by atoms with Crippen LogP contribution in [0.5, 0.6) is 0 Å². The summed E-state index contributed by atoms with van der Waals surface area (Å²) in [5.41, 5.74) is 1.30. The Kier molecular flexibility index (Phi) is 3.72. The van der Waals surface area contributed by atoms with Crippen LogP contribution >= 0.6 is 27.7 Å². The van der Waals surface area contributed by atoms with Gasteiger partial charge in [-0.05, 0) is 58.2 Å². The lowest BCUT2D eigenvalue weighted by atomic mass is 10.2. The highest BCUT2D eigenvalue weighted by molar-refractivity contribution is 9.10. The number of nitrogens with one attached hydrogen (secondary N) is 1. The Balaban J connectivity index is 1.67. The first-order valence-electron chi connectivity index (χ1n) is 5.90. The van der Waals surface area contributed by atoms with Gasteiger partial charge in [-0.2, -0.15) is 0 Å². The van der Waals surface area contributed by atoms with Gasteiger partial charge in [0.25, 0.3) is 5.22 Å². The van der Waals surface area contributed by atoms with Gasteiger partial charge in [-0.1, -0.05) is 6.07 Å². The Hall–Kier alpha value is -0.780. The van der Waals surface area contributed by atoms with Gasteiger partial charge in [-0.25, -0.2) is 4.98 Å². The molecule has 0 bridgehead atoms. The highest BCUT2D eigenvalue weighted by Crippen LogP contribution is 2.33. The van der Waals surface area contributed by atoms with Gasteiger partial charge < -0.3 is 9.73 Å². The molecule has 0 amide bonds. The summed E-state index contributed by atoms with van der Waals surface area (Å²) in [6.45, 7) is 0.938. The Morgan fingerprint density at radius 1 is 1.44 bits per heavy atom. The zero-order valence-corrected chi connectivity index (χ0v) is 12.1. The standard InChI is InChI=1S/C13H13BrN2OS/c14-11-7-9(8-16-10-2-3-10)1-4-12(11)18-13-15-5-6-17-13/h1,4-7,10,16H,2-3,8H2. The molecule has 1 aliphatic rings. The Morgan fingerprint density at radius 2 is 2.33 bits per heavy atom. The molecular weight excluding hydrogens is 312 g/mol. The molecule has 5 heteroatoms. The molecule has 1 saturated carbocycles. The number of benzene rings is 1. The van der Waals surface area contributed by atoms with Gasteiger partial charge in [0.1, 0.15) is 6.26 Å². The zero-order chi connectivity index (χ0) is 12.4.